The summed E-state index contributed by atoms with van der Waals surface area (Å²) in [6.07, 6.45) is 1.06. The lowest BCUT2D eigenvalue weighted by Crippen LogP contribution is -2.04. The Labute approximate surface area is 129 Å². The Balaban J connectivity index is 2.13. The highest BCUT2D eigenvalue weighted by atomic mass is 79.9. The zero-order chi connectivity index (χ0) is 14.5. The van der Waals surface area contributed by atoms with Crippen LogP contribution in [0.1, 0.15) is 29.2 Å². The van der Waals surface area contributed by atoms with Gasteiger partial charge in [0.1, 0.15) is 12.4 Å². The second-order valence-corrected chi connectivity index (χ2v) is 5.79. The molecule has 20 heavy (non-hydrogen) atoms. The van der Waals surface area contributed by atoms with Crippen LogP contribution in [0.2, 0.25) is 0 Å². The average molecular weight is 334 g/mol. The van der Waals surface area contributed by atoms with E-state index in [1.807, 2.05) is 13.0 Å². The van der Waals surface area contributed by atoms with Gasteiger partial charge in [0, 0.05) is 16.6 Å². The molecular weight excluding hydrogens is 314 g/mol. The fourth-order valence-electron chi connectivity index (χ4n) is 2.18. The smallest absolute Gasteiger partial charge is 0.127 e. The van der Waals surface area contributed by atoms with Gasteiger partial charge in [-0.15, -0.1) is 0 Å². The highest BCUT2D eigenvalue weighted by Gasteiger charge is 2.08. The van der Waals surface area contributed by atoms with Gasteiger partial charge in [-0.2, -0.15) is 0 Å². The first-order valence-electron chi connectivity index (χ1n) is 6.83. The van der Waals surface area contributed by atoms with Crippen molar-refractivity contribution in [2.75, 3.05) is 0 Å². The highest BCUT2D eigenvalue weighted by molar-refractivity contribution is 9.10. The van der Waals surface area contributed by atoms with Crippen molar-refractivity contribution in [3.8, 4) is 5.75 Å². The molecule has 0 aliphatic heterocycles. The SMILES string of the molecule is CCc1ccc(COc2c(C)cc(Br)cc2CN)cc1. The number of benzene rings is 2. The second-order valence-electron chi connectivity index (χ2n) is 4.87. The molecular formula is C17H20BrNO. The van der Waals surface area contributed by atoms with Crippen LogP contribution in [-0.2, 0) is 19.6 Å². The summed E-state index contributed by atoms with van der Waals surface area (Å²) in [5, 5.41) is 0. The lowest BCUT2D eigenvalue weighted by Gasteiger charge is -2.14. The number of hydrogen-bond acceptors (Lipinski definition) is 2. The predicted octanol–water partition coefficient (Wildman–Crippen LogP) is 4.36. The summed E-state index contributed by atoms with van der Waals surface area (Å²) in [5.41, 5.74) is 10.4. The molecule has 2 aromatic carbocycles. The first-order chi connectivity index (χ1) is 9.63. The van der Waals surface area contributed by atoms with Gasteiger partial charge in [-0.05, 0) is 42.2 Å². The molecule has 0 aliphatic carbocycles. The molecule has 2 aromatic rings. The van der Waals surface area contributed by atoms with Crippen molar-refractivity contribution in [2.45, 2.75) is 33.4 Å². The molecule has 0 amide bonds. The van der Waals surface area contributed by atoms with Crippen LogP contribution in [0.25, 0.3) is 0 Å². The maximum Gasteiger partial charge on any atom is 0.127 e. The topological polar surface area (TPSA) is 35.2 Å². The van der Waals surface area contributed by atoms with Crippen molar-refractivity contribution < 1.29 is 4.74 Å². The van der Waals surface area contributed by atoms with Crippen molar-refractivity contribution in [1.82, 2.24) is 0 Å². The van der Waals surface area contributed by atoms with Crippen LogP contribution in [0, 0.1) is 6.92 Å². The summed E-state index contributed by atoms with van der Waals surface area (Å²) < 4.78 is 7.01. The number of rotatable bonds is 5. The summed E-state index contributed by atoms with van der Waals surface area (Å²) in [6.45, 7) is 5.24. The van der Waals surface area contributed by atoms with Gasteiger partial charge in [-0.1, -0.05) is 47.1 Å². The zero-order valence-electron chi connectivity index (χ0n) is 11.9. The minimum atomic E-state index is 0.477. The molecule has 0 saturated heterocycles. The maximum atomic E-state index is 5.97. The van der Waals surface area contributed by atoms with E-state index in [-0.39, 0.29) is 0 Å². The third-order valence-corrected chi connectivity index (χ3v) is 3.81. The molecule has 0 aliphatic rings. The molecule has 0 bridgehead atoms. The van der Waals surface area contributed by atoms with Gasteiger partial charge in [-0.25, -0.2) is 0 Å². The van der Waals surface area contributed by atoms with E-state index in [0.717, 1.165) is 27.8 Å². The normalized spacial score (nSPS) is 10.6. The van der Waals surface area contributed by atoms with Crippen LogP contribution in [0.15, 0.2) is 40.9 Å². The number of hydrogen-bond donors (Lipinski definition) is 1. The summed E-state index contributed by atoms with van der Waals surface area (Å²) >= 11 is 3.49. The molecule has 0 atom stereocenters. The molecule has 0 saturated carbocycles. The third-order valence-electron chi connectivity index (χ3n) is 3.35. The third kappa shape index (κ3) is 3.62. The van der Waals surface area contributed by atoms with Crippen LogP contribution in [0.4, 0.5) is 0 Å². The summed E-state index contributed by atoms with van der Waals surface area (Å²) in [6, 6.07) is 12.6. The van der Waals surface area contributed by atoms with E-state index in [0.29, 0.717) is 13.2 Å². The van der Waals surface area contributed by atoms with Crippen LogP contribution < -0.4 is 10.5 Å². The van der Waals surface area contributed by atoms with Gasteiger partial charge >= 0.3 is 0 Å². The van der Waals surface area contributed by atoms with E-state index < -0.39 is 0 Å². The molecule has 106 valence electrons. The number of halogens is 1. The van der Waals surface area contributed by atoms with E-state index in [2.05, 4.69) is 53.2 Å². The largest absolute Gasteiger partial charge is 0.488 e. The first kappa shape index (κ1) is 15.1. The van der Waals surface area contributed by atoms with Gasteiger partial charge < -0.3 is 10.5 Å². The molecule has 0 unspecified atom stereocenters. The van der Waals surface area contributed by atoms with Gasteiger partial charge in [0.25, 0.3) is 0 Å². The molecule has 0 fully saturated rings. The molecule has 0 spiro atoms. The lowest BCUT2D eigenvalue weighted by molar-refractivity contribution is 0.301. The van der Waals surface area contributed by atoms with Gasteiger partial charge in [0.05, 0.1) is 0 Å². The van der Waals surface area contributed by atoms with Crippen molar-refractivity contribution in [3.05, 3.63) is 63.1 Å². The minimum Gasteiger partial charge on any atom is -0.488 e. The predicted molar refractivity (Wildman–Crippen MR) is 86.9 cm³/mol. The Morgan fingerprint density at radius 2 is 1.75 bits per heavy atom. The molecule has 2 rings (SSSR count). The van der Waals surface area contributed by atoms with E-state index in [1.165, 1.54) is 11.1 Å². The quantitative estimate of drug-likeness (QED) is 0.882. The summed E-state index contributed by atoms with van der Waals surface area (Å²) in [5.74, 6) is 0.898. The van der Waals surface area contributed by atoms with Crippen molar-refractivity contribution in [1.29, 1.82) is 0 Å². The first-order valence-corrected chi connectivity index (χ1v) is 7.63. The van der Waals surface area contributed by atoms with E-state index >= 15 is 0 Å². The second kappa shape index (κ2) is 6.91. The Kier molecular flexibility index (Phi) is 5.21. The molecule has 0 heterocycles. The minimum absolute atomic E-state index is 0.477. The standard InChI is InChI=1S/C17H20BrNO/c1-3-13-4-6-14(7-5-13)11-20-17-12(2)8-16(18)9-15(17)10-19/h4-9H,3,10-11,19H2,1-2H3. The fourth-order valence-corrected chi connectivity index (χ4v) is 2.80. The number of ether oxygens (including phenoxy) is 1. The molecule has 3 heteroatoms. The monoisotopic (exact) mass is 333 g/mol. The molecule has 0 radical (unpaired) electrons. The van der Waals surface area contributed by atoms with E-state index in [1.54, 1.807) is 0 Å². The maximum absolute atomic E-state index is 5.97. The average Bonchev–Trinajstić information content (AvgIpc) is 2.46. The Morgan fingerprint density at radius 3 is 2.35 bits per heavy atom. The van der Waals surface area contributed by atoms with Crippen molar-refractivity contribution in [3.63, 3.8) is 0 Å². The van der Waals surface area contributed by atoms with Crippen molar-refractivity contribution in [2.24, 2.45) is 5.73 Å². The Bertz CT molecular complexity index is 578. The van der Waals surface area contributed by atoms with E-state index in [9.17, 15) is 0 Å². The highest BCUT2D eigenvalue weighted by Crippen LogP contribution is 2.28. The van der Waals surface area contributed by atoms with Crippen LogP contribution in [-0.4, -0.2) is 0 Å². The van der Waals surface area contributed by atoms with Crippen LogP contribution in [0.3, 0.4) is 0 Å². The molecule has 0 aromatic heterocycles. The number of nitrogens with two attached hydrogens (primary N) is 1. The molecule has 2 nitrogen and oxygen atoms in total. The van der Waals surface area contributed by atoms with Crippen LogP contribution in [0.5, 0.6) is 5.75 Å². The summed E-state index contributed by atoms with van der Waals surface area (Å²) in [7, 11) is 0. The fraction of sp³-hybridized carbons (Fsp3) is 0.294. The van der Waals surface area contributed by atoms with Crippen LogP contribution >= 0.6 is 15.9 Å². The zero-order valence-corrected chi connectivity index (χ0v) is 13.5. The van der Waals surface area contributed by atoms with Gasteiger partial charge in [-0.3, -0.25) is 0 Å². The Morgan fingerprint density at radius 1 is 1.10 bits per heavy atom. The van der Waals surface area contributed by atoms with E-state index in [4.69, 9.17) is 10.5 Å². The lowest BCUT2D eigenvalue weighted by atomic mass is 10.1. The van der Waals surface area contributed by atoms with Gasteiger partial charge in [0.2, 0.25) is 0 Å². The molecule has 2 N–H and O–H groups in total. The van der Waals surface area contributed by atoms with Gasteiger partial charge in [0.15, 0.2) is 0 Å². The number of aryl methyl sites for hydroxylation is 2. The summed E-state index contributed by atoms with van der Waals surface area (Å²) in [4.78, 5) is 0. The Hall–Kier alpha value is -1.32. The van der Waals surface area contributed by atoms with Crippen molar-refractivity contribution >= 4 is 15.9 Å².